The highest BCUT2D eigenvalue weighted by molar-refractivity contribution is 7.93. The molecule has 3 aromatic rings. The molecular formula is C22H25ClN4O7S. The van der Waals surface area contributed by atoms with Gasteiger partial charge in [-0.2, -0.15) is 0 Å². The summed E-state index contributed by atoms with van der Waals surface area (Å²) in [6.45, 7) is 0.573. The zero-order valence-electron chi connectivity index (χ0n) is 18.6. The van der Waals surface area contributed by atoms with Crippen molar-refractivity contribution in [1.29, 1.82) is 0 Å². The number of amides is 1. The number of aryl methyl sites for hydroxylation is 1. The number of hydrogen-bond donors (Lipinski definition) is 2. The van der Waals surface area contributed by atoms with Crippen LogP contribution in [-0.2, 0) is 25.8 Å². The topological polar surface area (TPSA) is 154 Å². The molecule has 0 bridgehead atoms. The second-order valence-electron chi connectivity index (χ2n) is 7.71. The molecule has 4 rings (SSSR count). The van der Waals surface area contributed by atoms with Crippen LogP contribution in [0.1, 0.15) is 25.2 Å². The molecule has 2 aromatic heterocycles. The number of nitrogens with zero attached hydrogens (tertiary/aromatic N) is 3. The first-order valence-electron chi connectivity index (χ1n) is 10.7. The molecule has 2 N–H and O–H groups in total. The Morgan fingerprint density at radius 3 is 2.43 bits per heavy atom. The highest BCUT2D eigenvalue weighted by Gasteiger charge is 2.52. The predicted molar refractivity (Wildman–Crippen MR) is 125 cm³/mol. The highest BCUT2D eigenvalue weighted by atomic mass is 35.5. The molecule has 188 valence electrons. The Morgan fingerprint density at radius 2 is 1.77 bits per heavy atom. The lowest BCUT2D eigenvalue weighted by molar-refractivity contribution is -0.134. The minimum absolute atomic E-state index is 0. The van der Waals surface area contributed by atoms with Crippen molar-refractivity contribution in [2.45, 2.75) is 35.3 Å². The molecule has 1 aromatic carbocycles. The van der Waals surface area contributed by atoms with Crippen LogP contribution < -0.4 is 10.2 Å². The van der Waals surface area contributed by atoms with Gasteiger partial charge >= 0.3 is 0 Å². The van der Waals surface area contributed by atoms with E-state index in [9.17, 15) is 13.2 Å². The van der Waals surface area contributed by atoms with Crippen LogP contribution in [0.2, 0.25) is 0 Å². The largest absolute Gasteiger partial charge is 0.494 e. The molecule has 1 saturated heterocycles. The average molecular weight is 525 g/mol. The molecule has 1 amide bonds. The van der Waals surface area contributed by atoms with Crippen molar-refractivity contribution >= 4 is 28.2 Å². The van der Waals surface area contributed by atoms with Gasteiger partial charge in [-0.3, -0.25) is 15.0 Å². The number of nitrogens with one attached hydrogen (secondary N) is 1. The lowest BCUT2D eigenvalue weighted by atomic mass is 9.98. The zero-order chi connectivity index (χ0) is 24.0. The summed E-state index contributed by atoms with van der Waals surface area (Å²) < 4.78 is 41.3. The number of ether oxygens (including phenoxy) is 2. The molecule has 1 aliphatic heterocycles. The predicted octanol–water partition coefficient (Wildman–Crippen LogP) is 2.39. The molecule has 13 heteroatoms. The number of hydroxylamine groups is 1. The van der Waals surface area contributed by atoms with Crippen LogP contribution in [0.25, 0.3) is 11.5 Å². The monoisotopic (exact) mass is 524 g/mol. The van der Waals surface area contributed by atoms with Gasteiger partial charge < -0.3 is 13.9 Å². The number of sulfone groups is 1. The van der Waals surface area contributed by atoms with E-state index in [4.69, 9.17) is 19.1 Å². The number of carbonyl (C=O) groups is 1. The van der Waals surface area contributed by atoms with Gasteiger partial charge in [0.15, 0.2) is 14.6 Å². The van der Waals surface area contributed by atoms with Crippen LogP contribution in [0.3, 0.4) is 0 Å². The third kappa shape index (κ3) is 5.61. The molecule has 1 fully saturated rings. The summed E-state index contributed by atoms with van der Waals surface area (Å²) in [6, 6.07) is 9.42. The van der Waals surface area contributed by atoms with Gasteiger partial charge in [-0.25, -0.2) is 13.9 Å². The van der Waals surface area contributed by atoms with Crippen molar-refractivity contribution in [1.82, 2.24) is 20.7 Å². The van der Waals surface area contributed by atoms with E-state index >= 15 is 0 Å². The van der Waals surface area contributed by atoms with E-state index in [0.29, 0.717) is 37.0 Å². The fourth-order valence-corrected chi connectivity index (χ4v) is 5.68. The Kier molecular flexibility index (Phi) is 8.78. The van der Waals surface area contributed by atoms with Crippen molar-refractivity contribution in [3.05, 3.63) is 54.7 Å². The normalized spacial score (nSPS) is 15.1. The van der Waals surface area contributed by atoms with Gasteiger partial charge in [0, 0.05) is 37.6 Å². The summed E-state index contributed by atoms with van der Waals surface area (Å²) in [5.74, 6) is 0.437. The van der Waals surface area contributed by atoms with Gasteiger partial charge in [-0.15, -0.1) is 22.6 Å². The SMILES string of the molecule is Cl.O=C(NO)C1(S(=O)(=O)c2ccc(OCCCc3nnc(-c4ccncc4)o3)cc2)CCOCC1. The van der Waals surface area contributed by atoms with Gasteiger partial charge in [0.25, 0.3) is 5.91 Å². The fourth-order valence-electron chi connectivity index (χ4n) is 3.74. The van der Waals surface area contributed by atoms with Crippen molar-refractivity contribution in [2.24, 2.45) is 0 Å². The third-order valence-electron chi connectivity index (χ3n) is 5.66. The van der Waals surface area contributed by atoms with E-state index in [1.54, 1.807) is 24.5 Å². The van der Waals surface area contributed by atoms with Crippen molar-refractivity contribution in [3.63, 3.8) is 0 Å². The Labute approximate surface area is 208 Å². The molecule has 0 unspecified atom stereocenters. The minimum atomic E-state index is -4.07. The lowest BCUT2D eigenvalue weighted by Crippen LogP contribution is -2.54. The number of hydrogen-bond acceptors (Lipinski definition) is 10. The van der Waals surface area contributed by atoms with Crippen LogP contribution in [-0.4, -0.2) is 59.3 Å². The Hall–Kier alpha value is -3.06. The number of halogens is 1. The van der Waals surface area contributed by atoms with E-state index in [1.165, 1.54) is 29.7 Å². The molecular weight excluding hydrogens is 500 g/mol. The smallest absolute Gasteiger partial charge is 0.265 e. The van der Waals surface area contributed by atoms with E-state index in [-0.39, 0.29) is 43.4 Å². The Morgan fingerprint density at radius 1 is 1.09 bits per heavy atom. The van der Waals surface area contributed by atoms with E-state index in [1.807, 2.05) is 0 Å². The maximum absolute atomic E-state index is 13.2. The standard InChI is InChI=1S/C22H24N4O7S.ClH/c27-21(26-28)22(9-14-31-15-10-22)34(29,30)18-5-3-17(4-6-18)32-13-1-2-19-24-25-20(33-19)16-7-11-23-12-8-16;/h3-8,11-12,28H,1-2,9-10,13-15H2,(H,26,27);1H. The quantitative estimate of drug-likeness (QED) is 0.242. The molecule has 0 atom stereocenters. The van der Waals surface area contributed by atoms with Crippen LogP contribution in [0.4, 0.5) is 0 Å². The lowest BCUT2D eigenvalue weighted by Gasteiger charge is -2.34. The maximum Gasteiger partial charge on any atom is 0.265 e. The highest BCUT2D eigenvalue weighted by Crippen LogP contribution is 2.35. The zero-order valence-corrected chi connectivity index (χ0v) is 20.3. The van der Waals surface area contributed by atoms with Gasteiger partial charge in [-0.05, 0) is 55.7 Å². The van der Waals surface area contributed by atoms with Crippen LogP contribution in [0.15, 0.2) is 58.1 Å². The molecule has 0 radical (unpaired) electrons. The van der Waals surface area contributed by atoms with Gasteiger partial charge in [-0.1, -0.05) is 0 Å². The first-order valence-corrected chi connectivity index (χ1v) is 12.2. The Bertz CT molecular complexity index is 1210. The molecule has 3 heterocycles. The molecule has 11 nitrogen and oxygen atoms in total. The minimum Gasteiger partial charge on any atom is -0.494 e. The summed E-state index contributed by atoms with van der Waals surface area (Å²) in [6.07, 6.45) is 4.34. The average Bonchev–Trinajstić information content (AvgIpc) is 3.36. The molecule has 1 aliphatic rings. The number of rotatable bonds is 9. The summed E-state index contributed by atoms with van der Waals surface area (Å²) in [5, 5.41) is 17.2. The molecule has 0 spiro atoms. The van der Waals surface area contributed by atoms with E-state index in [2.05, 4.69) is 15.2 Å². The maximum atomic E-state index is 13.2. The van der Waals surface area contributed by atoms with Crippen LogP contribution in [0, 0.1) is 0 Å². The summed E-state index contributed by atoms with van der Waals surface area (Å²) in [5.41, 5.74) is 2.29. The third-order valence-corrected chi connectivity index (χ3v) is 8.18. The summed E-state index contributed by atoms with van der Waals surface area (Å²) >= 11 is 0. The fraction of sp³-hybridized carbons (Fsp3) is 0.364. The first-order chi connectivity index (χ1) is 16.5. The Balaban J connectivity index is 0.00000342. The first kappa shape index (κ1) is 26.5. The molecule has 0 saturated carbocycles. The second kappa shape index (κ2) is 11.6. The molecule has 0 aliphatic carbocycles. The summed E-state index contributed by atoms with van der Waals surface area (Å²) in [4.78, 5) is 16.2. The van der Waals surface area contributed by atoms with E-state index in [0.717, 1.165) is 5.56 Å². The number of carbonyl (C=O) groups excluding carboxylic acids is 1. The van der Waals surface area contributed by atoms with Gasteiger partial charge in [0.05, 0.1) is 11.5 Å². The second-order valence-corrected chi connectivity index (χ2v) is 9.97. The van der Waals surface area contributed by atoms with Gasteiger partial charge in [0.2, 0.25) is 11.8 Å². The van der Waals surface area contributed by atoms with E-state index < -0.39 is 20.5 Å². The van der Waals surface area contributed by atoms with Crippen molar-refractivity contribution in [3.8, 4) is 17.2 Å². The number of benzene rings is 1. The van der Waals surface area contributed by atoms with Crippen molar-refractivity contribution in [2.75, 3.05) is 19.8 Å². The molecule has 35 heavy (non-hydrogen) atoms. The number of pyridine rings is 1. The number of aromatic nitrogens is 3. The van der Waals surface area contributed by atoms with Crippen LogP contribution >= 0.6 is 12.4 Å². The summed E-state index contributed by atoms with van der Waals surface area (Å²) in [7, 11) is -4.07. The van der Waals surface area contributed by atoms with Gasteiger partial charge in [0.1, 0.15) is 5.75 Å². The van der Waals surface area contributed by atoms with Crippen molar-refractivity contribution < 1.29 is 32.3 Å². The van der Waals surface area contributed by atoms with Crippen LogP contribution in [0.5, 0.6) is 5.75 Å².